The zero-order chi connectivity index (χ0) is 17.9. The monoisotopic (exact) mass is 335 g/mol. The summed E-state index contributed by atoms with van der Waals surface area (Å²) in [5.41, 5.74) is 0.862. The Morgan fingerprint density at radius 3 is 2.72 bits per heavy atom. The van der Waals surface area contributed by atoms with E-state index >= 15 is 0 Å². The van der Waals surface area contributed by atoms with Gasteiger partial charge in [0.05, 0.1) is 12.6 Å². The molecule has 3 aromatic rings. The van der Waals surface area contributed by atoms with E-state index < -0.39 is 5.60 Å². The Kier molecular flexibility index (Phi) is 4.81. The maximum atomic E-state index is 11.7. The number of nitrogens with zero attached hydrogens (tertiary/aromatic N) is 1. The first-order valence-corrected chi connectivity index (χ1v) is 8.25. The van der Waals surface area contributed by atoms with Crippen molar-refractivity contribution in [3.8, 4) is 5.75 Å². The van der Waals surface area contributed by atoms with Crippen molar-refractivity contribution in [1.29, 1.82) is 0 Å². The van der Waals surface area contributed by atoms with Gasteiger partial charge in [0.2, 0.25) is 0 Å². The molecule has 1 heterocycles. The minimum Gasteiger partial charge on any atom is -0.497 e. The number of aldehydes is 1. The fraction of sp³-hybridized carbons (Fsp3) is 0.238. The Labute approximate surface area is 147 Å². The Balaban J connectivity index is 2.20. The minimum absolute atomic E-state index is 0.237. The van der Waals surface area contributed by atoms with Gasteiger partial charge in [0.1, 0.15) is 17.6 Å². The van der Waals surface area contributed by atoms with Crippen LogP contribution in [-0.2, 0) is 10.4 Å². The van der Waals surface area contributed by atoms with Crippen LogP contribution in [0.15, 0.2) is 60.8 Å². The summed E-state index contributed by atoms with van der Waals surface area (Å²) in [6.07, 6.45) is 2.76. The second kappa shape index (κ2) is 7.03. The zero-order valence-electron chi connectivity index (χ0n) is 14.3. The maximum absolute atomic E-state index is 11.7. The largest absolute Gasteiger partial charge is 0.497 e. The topological polar surface area (TPSA) is 59.4 Å². The number of aromatic nitrogens is 1. The molecule has 0 bridgehead atoms. The summed E-state index contributed by atoms with van der Waals surface area (Å²) in [7, 11) is 1.59. The first-order chi connectivity index (χ1) is 12.1. The second-order valence-electron chi connectivity index (χ2n) is 6.22. The van der Waals surface area contributed by atoms with Crippen LogP contribution in [0.5, 0.6) is 5.75 Å². The Morgan fingerprint density at radius 2 is 1.96 bits per heavy atom. The number of carbonyl (C=O) groups excluding carboxylic acids is 1. The van der Waals surface area contributed by atoms with E-state index in [4.69, 9.17) is 4.74 Å². The van der Waals surface area contributed by atoms with E-state index in [1.807, 2.05) is 55.5 Å². The molecule has 2 aromatic carbocycles. The van der Waals surface area contributed by atoms with E-state index in [0.717, 1.165) is 17.2 Å². The summed E-state index contributed by atoms with van der Waals surface area (Å²) in [5, 5.41) is 12.6. The van der Waals surface area contributed by atoms with Crippen molar-refractivity contribution in [3.05, 3.63) is 71.9 Å². The summed E-state index contributed by atoms with van der Waals surface area (Å²) in [6.45, 7) is 1.86. The van der Waals surface area contributed by atoms with Crippen LogP contribution >= 0.6 is 0 Å². The fourth-order valence-corrected chi connectivity index (χ4v) is 3.19. The molecule has 0 aliphatic rings. The van der Waals surface area contributed by atoms with E-state index in [1.165, 1.54) is 0 Å². The molecule has 4 nitrogen and oxygen atoms in total. The molecule has 3 rings (SSSR count). The number of carbonyl (C=O) groups is 1. The average molecular weight is 335 g/mol. The number of methoxy groups -OCH3 is 1. The molecular formula is C21H21NO3. The van der Waals surface area contributed by atoms with Gasteiger partial charge < -0.3 is 14.6 Å². The first kappa shape index (κ1) is 17.1. The lowest BCUT2D eigenvalue weighted by molar-refractivity contribution is -0.110. The highest BCUT2D eigenvalue weighted by molar-refractivity contribution is 5.79. The molecular weight excluding hydrogens is 314 g/mol. The van der Waals surface area contributed by atoms with Crippen molar-refractivity contribution < 1.29 is 14.6 Å². The predicted octanol–water partition coefficient (Wildman–Crippen LogP) is 3.70. The van der Waals surface area contributed by atoms with Crippen LogP contribution < -0.4 is 4.74 Å². The van der Waals surface area contributed by atoms with Gasteiger partial charge in [-0.3, -0.25) is 4.98 Å². The molecule has 0 spiro atoms. The van der Waals surface area contributed by atoms with Crippen molar-refractivity contribution >= 4 is 17.2 Å². The van der Waals surface area contributed by atoms with Gasteiger partial charge in [-0.15, -0.1) is 0 Å². The number of fused-ring (bicyclic) bond motifs is 1. The van der Waals surface area contributed by atoms with E-state index in [0.29, 0.717) is 16.9 Å². The highest BCUT2D eigenvalue weighted by Gasteiger charge is 2.38. The van der Waals surface area contributed by atoms with E-state index in [9.17, 15) is 9.90 Å². The lowest BCUT2D eigenvalue weighted by atomic mass is 9.76. The zero-order valence-corrected chi connectivity index (χ0v) is 14.3. The number of hydrogen-bond acceptors (Lipinski definition) is 4. The quantitative estimate of drug-likeness (QED) is 0.698. The first-order valence-electron chi connectivity index (χ1n) is 8.25. The molecule has 2 atom stereocenters. The Hall–Kier alpha value is -2.72. The van der Waals surface area contributed by atoms with Crippen LogP contribution in [0, 0.1) is 5.92 Å². The van der Waals surface area contributed by atoms with Crippen LogP contribution in [0.2, 0.25) is 0 Å². The van der Waals surface area contributed by atoms with E-state index in [2.05, 4.69) is 4.98 Å². The summed E-state index contributed by atoms with van der Waals surface area (Å²) in [4.78, 5) is 15.6. The molecule has 25 heavy (non-hydrogen) atoms. The van der Waals surface area contributed by atoms with Crippen LogP contribution in [-0.4, -0.2) is 23.5 Å². The predicted molar refractivity (Wildman–Crippen MR) is 97.6 cm³/mol. The molecule has 1 aromatic heterocycles. The van der Waals surface area contributed by atoms with Gasteiger partial charge in [-0.05, 0) is 35.7 Å². The van der Waals surface area contributed by atoms with Crippen molar-refractivity contribution in [2.45, 2.75) is 18.9 Å². The highest BCUT2D eigenvalue weighted by Crippen LogP contribution is 2.39. The third kappa shape index (κ3) is 3.13. The molecule has 0 amide bonds. The van der Waals surface area contributed by atoms with Gasteiger partial charge in [0, 0.05) is 23.6 Å². The molecule has 0 saturated heterocycles. The van der Waals surface area contributed by atoms with Crippen molar-refractivity contribution in [3.63, 3.8) is 0 Å². The number of aliphatic hydroxyl groups is 1. The van der Waals surface area contributed by atoms with Crippen LogP contribution in [0.4, 0.5) is 0 Å². The Morgan fingerprint density at radius 1 is 1.16 bits per heavy atom. The van der Waals surface area contributed by atoms with Gasteiger partial charge in [-0.2, -0.15) is 0 Å². The summed E-state index contributed by atoms with van der Waals surface area (Å²) in [6, 6.07) is 17.0. The number of rotatable bonds is 6. The lowest BCUT2D eigenvalue weighted by Gasteiger charge is -2.34. The van der Waals surface area contributed by atoms with Crippen molar-refractivity contribution in [2.24, 2.45) is 5.92 Å². The number of benzene rings is 2. The SMILES string of the molecule is COc1cccc(C(O)(c2cnc3ccccc3c2)C(C)CC=O)c1. The molecule has 0 saturated carbocycles. The standard InChI is InChI=1S/C21H21NO3/c1-15(10-11-23)21(24,17-7-5-8-19(13-17)25-2)18-12-16-6-3-4-9-20(16)22-14-18/h3-9,11-15,24H,10H2,1-2H3. The third-order valence-corrected chi connectivity index (χ3v) is 4.70. The Bertz CT molecular complexity index is 893. The third-order valence-electron chi connectivity index (χ3n) is 4.70. The number of hydrogen-bond donors (Lipinski definition) is 1. The van der Waals surface area contributed by atoms with Crippen molar-refractivity contribution in [1.82, 2.24) is 4.98 Å². The normalized spacial score (nSPS) is 14.7. The van der Waals surface area contributed by atoms with Gasteiger partial charge >= 0.3 is 0 Å². The lowest BCUT2D eigenvalue weighted by Crippen LogP contribution is -2.35. The maximum Gasteiger partial charge on any atom is 0.120 e. The molecule has 1 N–H and O–H groups in total. The second-order valence-corrected chi connectivity index (χ2v) is 6.22. The summed E-state index contributed by atoms with van der Waals surface area (Å²) >= 11 is 0. The molecule has 2 unspecified atom stereocenters. The molecule has 0 radical (unpaired) electrons. The average Bonchev–Trinajstić information content (AvgIpc) is 2.67. The van der Waals surface area contributed by atoms with Crippen molar-refractivity contribution in [2.75, 3.05) is 7.11 Å². The molecule has 0 aliphatic carbocycles. The molecule has 4 heteroatoms. The fourth-order valence-electron chi connectivity index (χ4n) is 3.19. The van der Waals surface area contributed by atoms with Gasteiger partial charge in [0.25, 0.3) is 0 Å². The summed E-state index contributed by atoms with van der Waals surface area (Å²) in [5.74, 6) is 0.336. The summed E-state index contributed by atoms with van der Waals surface area (Å²) < 4.78 is 5.30. The number of pyridine rings is 1. The molecule has 128 valence electrons. The van der Waals surface area contributed by atoms with Gasteiger partial charge in [-0.1, -0.05) is 37.3 Å². The van der Waals surface area contributed by atoms with Gasteiger partial charge in [-0.25, -0.2) is 0 Å². The number of para-hydroxylation sites is 1. The van der Waals surface area contributed by atoms with Gasteiger partial charge in [0.15, 0.2) is 0 Å². The number of ether oxygens (including phenoxy) is 1. The minimum atomic E-state index is -1.34. The van der Waals surface area contributed by atoms with E-state index in [-0.39, 0.29) is 12.3 Å². The van der Waals surface area contributed by atoms with Crippen LogP contribution in [0.3, 0.4) is 0 Å². The van der Waals surface area contributed by atoms with Crippen LogP contribution in [0.25, 0.3) is 10.9 Å². The molecule has 0 fully saturated rings. The smallest absolute Gasteiger partial charge is 0.120 e. The van der Waals surface area contributed by atoms with Crippen LogP contribution in [0.1, 0.15) is 24.5 Å². The van der Waals surface area contributed by atoms with E-state index in [1.54, 1.807) is 19.4 Å². The highest BCUT2D eigenvalue weighted by atomic mass is 16.5. The molecule has 0 aliphatic heterocycles.